The molecule has 0 aromatic heterocycles. The van der Waals surface area contributed by atoms with Gasteiger partial charge in [0.1, 0.15) is 0 Å². The highest BCUT2D eigenvalue weighted by atomic mass is 35.5. The zero-order valence-corrected chi connectivity index (χ0v) is 17.9. The van der Waals surface area contributed by atoms with Crippen molar-refractivity contribution in [1.82, 2.24) is 9.80 Å². The second-order valence-electron chi connectivity index (χ2n) is 7.82. The summed E-state index contributed by atoms with van der Waals surface area (Å²) in [6, 6.07) is 15.2. The van der Waals surface area contributed by atoms with Crippen molar-refractivity contribution in [3.63, 3.8) is 0 Å². The van der Waals surface area contributed by atoms with Gasteiger partial charge in [0.05, 0.1) is 18.2 Å². The number of carbonyl (C=O) groups is 2. The fraction of sp³-hybridized carbons (Fsp3) is 0.333. The van der Waals surface area contributed by atoms with Gasteiger partial charge in [-0.3, -0.25) is 19.4 Å². The summed E-state index contributed by atoms with van der Waals surface area (Å²) in [7, 11) is 0. The van der Waals surface area contributed by atoms with E-state index in [4.69, 9.17) is 11.6 Å². The van der Waals surface area contributed by atoms with Crippen LogP contribution in [0.25, 0.3) is 6.08 Å². The van der Waals surface area contributed by atoms with E-state index >= 15 is 0 Å². The first-order valence-electron chi connectivity index (χ1n) is 10.3. The maximum atomic E-state index is 13.1. The lowest BCUT2D eigenvalue weighted by Gasteiger charge is -2.36. The Labute approximate surface area is 182 Å². The van der Waals surface area contributed by atoms with Crippen LogP contribution in [0.5, 0.6) is 0 Å². The standard InChI is InChI=1S/C24H26ClN3O2/c1-18-20(25)10-5-11-21(18)28-23(29)17-22(24(28)30)27-15-13-26(14-16-27)12-6-9-19-7-3-2-4-8-19/h2-11,22H,12-17H2,1H3/b9-6+/t22-/m0/s1. The van der Waals surface area contributed by atoms with Crippen molar-refractivity contribution < 1.29 is 9.59 Å². The van der Waals surface area contributed by atoms with Crippen molar-refractivity contribution in [3.8, 4) is 0 Å². The van der Waals surface area contributed by atoms with Crippen molar-refractivity contribution in [2.75, 3.05) is 37.6 Å². The molecule has 2 saturated heterocycles. The molecule has 0 N–H and O–H groups in total. The van der Waals surface area contributed by atoms with Crippen LogP contribution < -0.4 is 4.90 Å². The molecular formula is C24H26ClN3O2. The molecule has 0 aliphatic carbocycles. The lowest BCUT2D eigenvalue weighted by Crippen LogP contribution is -2.52. The third kappa shape index (κ3) is 4.33. The quantitative estimate of drug-likeness (QED) is 0.689. The van der Waals surface area contributed by atoms with E-state index in [1.807, 2.05) is 25.1 Å². The highest BCUT2D eigenvalue weighted by Crippen LogP contribution is 2.32. The fourth-order valence-corrected chi connectivity index (χ4v) is 4.32. The number of rotatable bonds is 5. The van der Waals surface area contributed by atoms with Gasteiger partial charge in [-0.2, -0.15) is 0 Å². The fourth-order valence-electron chi connectivity index (χ4n) is 4.15. The predicted molar refractivity (Wildman–Crippen MR) is 121 cm³/mol. The van der Waals surface area contributed by atoms with Gasteiger partial charge in [0.2, 0.25) is 5.91 Å². The molecule has 5 nitrogen and oxygen atoms in total. The van der Waals surface area contributed by atoms with E-state index < -0.39 is 0 Å². The Balaban J connectivity index is 1.35. The molecule has 0 saturated carbocycles. The Hall–Kier alpha value is -2.47. The first-order chi connectivity index (χ1) is 14.5. The maximum absolute atomic E-state index is 13.1. The minimum Gasteiger partial charge on any atom is -0.297 e. The Kier molecular flexibility index (Phi) is 6.32. The van der Waals surface area contributed by atoms with E-state index in [1.54, 1.807) is 18.2 Å². The molecule has 0 unspecified atom stereocenters. The van der Waals surface area contributed by atoms with E-state index in [2.05, 4.69) is 34.1 Å². The summed E-state index contributed by atoms with van der Waals surface area (Å²) in [4.78, 5) is 31.6. The van der Waals surface area contributed by atoms with Crippen molar-refractivity contribution in [2.45, 2.75) is 19.4 Å². The molecule has 2 aromatic rings. The Morgan fingerprint density at radius 1 is 1.00 bits per heavy atom. The molecule has 30 heavy (non-hydrogen) atoms. The van der Waals surface area contributed by atoms with Gasteiger partial charge in [-0.15, -0.1) is 0 Å². The van der Waals surface area contributed by atoms with E-state index in [9.17, 15) is 9.59 Å². The summed E-state index contributed by atoms with van der Waals surface area (Å²) in [5, 5.41) is 0.564. The van der Waals surface area contributed by atoms with Crippen LogP contribution in [-0.4, -0.2) is 60.4 Å². The van der Waals surface area contributed by atoms with E-state index in [1.165, 1.54) is 10.5 Å². The number of nitrogens with zero attached hydrogens (tertiary/aromatic N) is 3. The Bertz CT molecular complexity index is 952. The van der Waals surface area contributed by atoms with E-state index in [0.29, 0.717) is 10.7 Å². The van der Waals surface area contributed by atoms with Gasteiger partial charge in [-0.05, 0) is 30.2 Å². The molecule has 2 fully saturated rings. The van der Waals surface area contributed by atoms with Crippen LogP contribution in [0.3, 0.4) is 0 Å². The minimum absolute atomic E-state index is 0.136. The van der Waals surface area contributed by atoms with Gasteiger partial charge in [0.25, 0.3) is 5.91 Å². The molecule has 0 bridgehead atoms. The van der Waals surface area contributed by atoms with Crippen LogP contribution in [0.2, 0.25) is 5.02 Å². The molecule has 0 spiro atoms. The van der Waals surface area contributed by atoms with Crippen LogP contribution in [0.1, 0.15) is 17.5 Å². The number of piperazine rings is 1. The normalized spacial score (nSPS) is 21.1. The number of benzene rings is 2. The van der Waals surface area contributed by atoms with Gasteiger partial charge in [0.15, 0.2) is 0 Å². The number of halogens is 1. The average molecular weight is 424 g/mol. The zero-order valence-electron chi connectivity index (χ0n) is 17.1. The molecule has 2 aromatic carbocycles. The molecule has 156 valence electrons. The molecule has 0 radical (unpaired) electrons. The zero-order chi connectivity index (χ0) is 21.1. The van der Waals surface area contributed by atoms with E-state index in [-0.39, 0.29) is 24.3 Å². The number of carbonyl (C=O) groups excluding carboxylic acids is 2. The predicted octanol–water partition coefficient (Wildman–Crippen LogP) is 3.61. The SMILES string of the molecule is Cc1c(Cl)cccc1N1C(=O)C[C@H](N2CCN(C/C=C/c3ccccc3)CC2)C1=O. The summed E-state index contributed by atoms with van der Waals surface area (Å²) in [5.74, 6) is -0.286. The van der Waals surface area contributed by atoms with Crippen molar-refractivity contribution in [1.29, 1.82) is 0 Å². The summed E-state index contributed by atoms with van der Waals surface area (Å²) in [5.41, 5.74) is 2.56. The maximum Gasteiger partial charge on any atom is 0.251 e. The number of amides is 2. The molecule has 6 heteroatoms. The lowest BCUT2D eigenvalue weighted by molar-refractivity contribution is -0.123. The van der Waals surface area contributed by atoms with Crippen molar-refractivity contribution in [3.05, 3.63) is 70.8 Å². The highest BCUT2D eigenvalue weighted by molar-refractivity contribution is 6.32. The second-order valence-corrected chi connectivity index (χ2v) is 8.23. The van der Waals surface area contributed by atoms with Crippen molar-refractivity contribution >= 4 is 35.2 Å². The Morgan fingerprint density at radius 2 is 1.73 bits per heavy atom. The molecule has 2 heterocycles. The monoisotopic (exact) mass is 423 g/mol. The summed E-state index contributed by atoms with van der Waals surface area (Å²) >= 11 is 6.20. The molecule has 2 amide bonds. The summed E-state index contributed by atoms with van der Waals surface area (Å²) in [6.45, 7) is 6.05. The summed E-state index contributed by atoms with van der Waals surface area (Å²) in [6.07, 6.45) is 4.55. The van der Waals surface area contributed by atoms with Gasteiger partial charge < -0.3 is 0 Å². The third-order valence-corrected chi connectivity index (χ3v) is 6.33. The van der Waals surface area contributed by atoms with Gasteiger partial charge in [0, 0.05) is 37.7 Å². The molecule has 4 rings (SSSR count). The largest absolute Gasteiger partial charge is 0.297 e. The van der Waals surface area contributed by atoms with Crippen LogP contribution in [0.15, 0.2) is 54.6 Å². The van der Waals surface area contributed by atoms with Crippen LogP contribution in [-0.2, 0) is 9.59 Å². The molecule has 2 aliphatic heterocycles. The molecule has 1 atom stereocenters. The first-order valence-corrected chi connectivity index (χ1v) is 10.7. The van der Waals surface area contributed by atoms with Crippen LogP contribution in [0, 0.1) is 6.92 Å². The van der Waals surface area contributed by atoms with Gasteiger partial charge in [-0.25, -0.2) is 4.90 Å². The third-order valence-electron chi connectivity index (χ3n) is 5.92. The Morgan fingerprint density at radius 3 is 2.47 bits per heavy atom. The molecule has 2 aliphatic rings. The summed E-state index contributed by atoms with van der Waals surface area (Å²) < 4.78 is 0. The van der Waals surface area contributed by atoms with Crippen LogP contribution in [0.4, 0.5) is 5.69 Å². The number of imide groups is 1. The first kappa shape index (κ1) is 20.8. The number of anilines is 1. The number of hydrogen-bond donors (Lipinski definition) is 0. The number of hydrogen-bond acceptors (Lipinski definition) is 4. The molecular weight excluding hydrogens is 398 g/mol. The van der Waals surface area contributed by atoms with Gasteiger partial charge in [-0.1, -0.05) is 60.2 Å². The smallest absolute Gasteiger partial charge is 0.251 e. The second kappa shape index (κ2) is 9.13. The average Bonchev–Trinajstić information content (AvgIpc) is 3.05. The lowest BCUT2D eigenvalue weighted by atomic mass is 10.1. The van der Waals surface area contributed by atoms with Crippen LogP contribution >= 0.6 is 11.6 Å². The van der Waals surface area contributed by atoms with Crippen molar-refractivity contribution in [2.24, 2.45) is 0 Å². The topological polar surface area (TPSA) is 43.9 Å². The highest BCUT2D eigenvalue weighted by Gasteiger charge is 2.43. The van der Waals surface area contributed by atoms with Gasteiger partial charge >= 0.3 is 0 Å². The van der Waals surface area contributed by atoms with E-state index in [0.717, 1.165) is 38.3 Å². The minimum atomic E-state index is -0.377.